The normalized spacial score (nSPS) is 16.7. The van der Waals surface area contributed by atoms with Gasteiger partial charge < -0.3 is 5.73 Å². The smallest absolute Gasteiger partial charge is 0.250 e. The molecule has 1 saturated heterocycles. The largest absolute Gasteiger partial charge is 0.322 e. The summed E-state index contributed by atoms with van der Waals surface area (Å²) < 4.78 is 0. The molecule has 3 N–H and O–H groups in total. The lowest BCUT2D eigenvalue weighted by molar-refractivity contribution is -0.131. The Balaban J connectivity index is 0.000000810. The Morgan fingerprint density at radius 1 is 1.70 bits per heavy atom. The van der Waals surface area contributed by atoms with Gasteiger partial charge in [0.25, 0.3) is 0 Å². The first kappa shape index (κ1) is 9.68. The molecule has 5 heteroatoms. The molecule has 4 nitrogen and oxygen atoms in total. The van der Waals surface area contributed by atoms with Crippen molar-refractivity contribution in [2.45, 2.75) is 6.42 Å². The first-order valence-corrected chi connectivity index (χ1v) is 3.08. The van der Waals surface area contributed by atoms with E-state index < -0.39 is 0 Å². The summed E-state index contributed by atoms with van der Waals surface area (Å²) >= 11 is 0. The van der Waals surface area contributed by atoms with Crippen LogP contribution in [-0.4, -0.2) is 30.6 Å². The predicted octanol–water partition coefficient (Wildman–Crippen LogP) is -0.896. The van der Waals surface area contributed by atoms with Gasteiger partial charge in [-0.25, -0.2) is 5.43 Å². The minimum Gasteiger partial charge on any atom is -0.322 e. The molecule has 0 spiro atoms. The highest BCUT2D eigenvalue weighted by atomic mass is 35.5. The van der Waals surface area contributed by atoms with Gasteiger partial charge in [-0.05, 0) is 6.42 Å². The molecule has 60 valence electrons. The number of carbonyl (C=O) groups excluding carboxylic acids is 1. The third-order valence-electron chi connectivity index (χ3n) is 1.34. The van der Waals surface area contributed by atoms with E-state index in [1.807, 2.05) is 0 Å². The number of nitrogens with two attached hydrogens (primary N) is 1. The lowest BCUT2D eigenvalue weighted by atomic mass is 10.4. The van der Waals surface area contributed by atoms with E-state index in [1.54, 1.807) is 5.01 Å². The third-order valence-corrected chi connectivity index (χ3v) is 1.34. The van der Waals surface area contributed by atoms with E-state index in [9.17, 15) is 4.79 Å². The van der Waals surface area contributed by atoms with Gasteiger partial charge in [-0.3, -0.25) is 9.80 Å². The summed E-state index contributed by atoms with van der Waals surface area (Å²) in [5.74, 6) is -0.0208. The van der Waals surface area contributed by atoms with Crippen molar-refractivity contribution in [2.24, 2.45) is 5.73 Å². The summed E-state index contributed by atoms with van der Waals surface area (Å²) in [7, 11) is 0. The molecule has 0 bridgehead atoms. The molecular formula is C5H12ClN3O. The van der Waals surface area contributed by atoms with E-state index >= 15 is 0 Å². The fourth-order valence-corrected chi connectivity index (χ4v) is 0.853. The van der Waals surface area contributed by atoms with E-state index in [-0.39, 0.29) is 24.9 Å². The number of hydrogen-bond acceptors (Lipinski definition) is 3. The Bertz CT molecular complexity index is 113. The van der Waals surface area contributed by atoms with Crippen molar-refractivity contribution < 1.29 is 4.79 Å². The third kappa shape index (κ3) is 2.13. The van der Waals surface area contributed by atoms with Crippen LogP contribution in [-0.2, 0) is 4.79 Å². The highest BCUT2D eigenvalue weighted by molar-refractivity contribution is 5.85. The predicted molar refractivity (Wildman–Crippen MR) is 40.6 cm³/mol. The minimum atomic E-state index is -0.0208. The number of nitrogens with one attached hydrogen (secondary N) is 1. The maximum absolute atomic E-state index is 10.8. The maximum atomic E-state index is 10.8. The number of carbonyl (C=O) groups is 1. The second kappa shape index (κ2) is 4.49. The van der Waals surface area contributed by atoms with Gasteiger partial charge in [0, 0.05) is 13.1 Å². The second-order valence-corrected chi connectivity index (χ2v) is 2.01. The molecule has 0 aromatic rings. The Morgan fingerprint density at radius 2 is 2.40 bits per heavy atom. The number of hydrogen-bond donors (Lipinski definition) is 2. The van der Waals surface area contributed by atoms with Gasteiger partial charge in [-0.2, -0.15) is 0 Å². The first-order chi connectivity index (χ1) is 4.34. The monoisotopic (exact) mass is 165 g/mol. The van der Waals surface area contributed by atoms with Crippen molar-refractivity contribution in [3.05, 3.63) is 0 Å². The van der Waals surface area contributed by atoms with E-state index in [0.717, 1.165) is 19.5 Å². The fourth-order valence-electron chi connectivity index (χ4n) is 0.853. The summed E-state index contributed by atoms with van der Waals surface area (Å²) in [5.41, 5.74) is 8.03. The van der Waals surface area contributed by atoms with Crippen LogP contribution >= 0.6 is 12.4 Å². The molecule has 1 fully saturated rings. The zero-order chi connectivity index (χ0) is 6.69. The number of hydrazine groups is 1. The van der Waals surface area contributed by atoms with Crippen LogP contribution in [0.4, 0.5) is 0 Å². The van der Waals surface area contributed by atoms with Crippen LogP contribution in [0, 0.1) is 0 Å². The van der Waals surface area contributed by atoms with Crippen LogP contribution in [0.3, 0.4) is 0 Å². The van der Waals surface area contributed by atoms with Gasteiger partial charge in [0.15, 0.2) is 0 Å². The summed E-state index contributed by atoms with van der Waals surface area (Å²) in [5, 5.41) is 1.57. The summed E-state index contributed by atoms with van der Waals surface area (Å²) in [6.45, 7) is 1.80. The molecule has 1 rings (SSSR count). The first-order valence-electron chi connectivity index (χ1n) is 3.08. The molecule has 10 heavy (non-hydrogen) atoms. The maximum Gasteiger partial charge on any atom is 0.250 e. The lowest BCUT2D eigenvalue weighted by Gasteiger charge is -2.12. The molecule has 0 aromatic heterocycles. The molecule has 1 aliphatic heterocycles. The summed E-state index contributed by atoms with van der Waals surface area (Å²) in [6.07, 6.45) is 1.03. The Morgan fingerprint density at radius 3 is 2.80 bits per heavy atom. The molecule has 1 heterocycles. The molecule has 0 unspecified atom stereocenters. The second-order valence-electron chi connectivity index (χ2n) is 2.01. The zero-order valence-corrected chi connectivity index (χ0v) is 6.49. The van der Waals surface area contributed by atoms with Crippen LogP contribution in [0.15, 0.2) is 0 Å². The number of halogens is 1. The summed E-state index contributed by atoms with van der Waals surface area (Å²) in [6, 6.07) is 0. The minimum absolute atomic E-state index is 0. The number of nitrogens with zero attached hydrogens (tertiary/aromatic N) is 1. The Kier molecular flexibility index (Phi) is 4.34. The van der Waals surface area contributed by atoms with Crippen LogP contribution in [0.1, 0.15) is 6.42 Å². The standard InChI is InChI=1S/C5H11N3O.ClH/c6-4-5(9)8-3-1-2-7-8;/h7H,1-4,6H2;1H. The van der Waals surface area contributed by atoms with Crippen molar-refractivity contribution in [1.29, 1.82) is 0 Å². The molecule has 0 saturated carbocycles. The Labute approximate surface area is 66.1 Å². The van der Waals surface area contributed by atoms with Crippen molar-refractivity contribution in [2.75, 3.05) is 19.6 Å². The summed E-state index contributed by atoms with van der Waals surface area (Å²) in [4.78, 5) is 10.8. The molecule has 0 atom stereocenters. The average molecular weight is 166 g/mol. The van der Waals surface area contributed by atoms with Crippen LogP contribution in [0.5, 0.6) is 0 Å². The van der Waals surface area contributed by atoms with Crippen LogP contribution in [0.2, 0.25) is 0 Å². The lowest BCUT2D eigenvalue weighted by Crippen LogP contribution is -2.40. The molecule has 0 aromatic carbocycles. The van der Waals surface area contributed by atoms with Crippen molar-refractivity contribution in [3.8, 4) is 0 Å². The fraction of sp³-hybridized carbons (Fsp3) is 0.800. The van der Waals surface area contributed by atoms with Crippen LogP contribution in [0.25, 0.3) is 0 Å². The van der Waals surface area contributed by atoms with Crippen molar-refractivity contribution >= 4 is 18.3 Å². The molecule has 1 aliphatic rings. The topological polar surface area (TPSA) is 58.4 Å². The van der Waals surface area contributed by atoms with Gasteiger partial charge in [-0.1, -0.05) is 0 Å². The molecule has 1 amide bonds. The Hall–Kier alpha value is -0.320. The van der Waals surface area contributed by atoms with E-state index in [2.05, 4.69) is 5.43 Å². The average Bonchev–Trinajstić information content (AvgIpc) is 2.37. The van der Waals surface area contributed by atoms with E-state index in [4.69, 9.17) is 5.73 Å². The van der Waals surface area contributed by atoms with Crippen LogP contribution < -0.4 is 11.2 Å². The highest BCUT2D eigenvalue weighted by Gasteiger charge is 2.14. The SMILES string of the molecule is Cl.NCC(=O)N1CCCN1. The van der Waals surface area contributed by atoms with Gasteiger partial charge in [0.05, 0.1) is 6.54 Å². The van der Waals surface area contributed by atoms with Crippen molar-refractivity contribution in [3.63, 3.8) is 0 Å². The van der Waals surface area contributed by atoms with Crippen molar-refractivity contribution in [1.82, 2.24) is 10.4 Å². The van der Waals surface area contributed by atoms with Gasteiger partial charge >= 0.3 is 0 Å². The van der Waals surface area contributed by atoms with E-state index in [0.29, 0.717) is 0 Å². The highest BCUT2D eigenvalue weighted by Crippen LogP contribution is 1.94. The molecular weight excluding hydrogens is 154 g/mol. The number of amides is 1. The molecule has 0 radical (unpaired) electrons. The number of rotatable bonds is 1. The van der Waals surface area contributed by atoms with E-state index in [1.165, 1.54) is 0 Å². The van der Waals surface area contributed by atoms with Gasteiger partial charge in [0.2, 0.25) is 5.91 Å². The zero-order valence-electron chi connectivity index (χ0n) is 5.67. The van der Waals surface area contributed by atoms with Gasteiger partial charge in [0.1, 0.15) is 0 Å². The molecule has 0 aliphatic carbocycles. The van der Waals surface area contributed by atoms with Gasteiger partial charge in [-0.15, -0.1) is 12.4 Å². The quantitative estimate of drug-likeness (QED) is 0.530.